The third-order valence-electron chi connectivity index (χ3n) is 2.88. The molecular weight excluding hydrogens is 207 g/mol. The van der Waals surface area contributed by atoms with Crippen LogP contribution in [0.1, 0.15) is 38.5 Å². The molecule has 5 heteroatoms. The van der Waals surface area contributed by atoms with Gasteiger partial charge in [-0.05, 0) is 25.7 Å². The molecule has 1 aliphatic rings. The Morgan fingerprint density at radius 1 is 1.20 bits per heavy atom. The summed E-state index contributed by atoms with van der Waals surface area (Å²) in [5, 5.41) is 0. The molecule has 2 N–H and O–H groups in total. The zero-order valence-electron chi connectivity index (χ0n) is 8.52. The fourth-order valence-electron chi connectivity index (χ4n) is 1.91. The summed E-state index contributed by atoms with van der Waals surface area (Å²) in [6, 6.07) is 0.122. The number of carbonyl (C=O) groups excluding carboxylic acids is 1. The fourth-order valence-corrected chi connectivity index (χ4v) is 1.91. The molecular formula is C10H16F3NO. The van der Waals surface area contributed by atoms with Gasteiger partial charge in [-0.15, -0.1) is 0 Å². The van der Waals surface area contributed by atoms with E-state index in [1.165, 1.54) is 0 Å². The molecule has 0 aromatic carbocycles. The van der Waals surface area contributed by atoms with Gasteiger partial charge in [-0.1, -0.05) is 0 Å². The van der Waals surface area contributed by atoms with Crippen molar-refractivity contribution in [3.8, 4) is 0 Å². The van der Waals surface area contributed by atoms with Crippen molar-refractivity contribution >= 4 is 5.78 Å². The topological polar surface area (TPSA) is 43.1 Å². The molecule has 0 atom stereocenters. The molecule has 0 heterocycles. The normalized spacial score (nSPS) is 27.7. The first-order chi connectivity index (χ1) is 6.88. The van der Waals surface area contributed by atoms with Crippen molar-refractivity contribution in [1.29, 1.82) is 0 Å². The van der Waals surface area contributed by atoms with Crippen molar-refractivity contribution in [2.75, 3.05) is 0 Å². The van der Waals surface area contributed by atoms with Crippen LogP contribution in [-0.2, 0) is 4.79 Å². The van der Waals surface area contributed by atoms with E-state index in [4.69, 9.17) is 5.73 Å². The van der Waals surface area contributed by atoms with Gasteiger partial charge < -0.3 is 5.73 Å². The SMILES string of the molecule is NC1CCC(C(=O)CCC(F)(F)F)CC1. The fraction of sp³-hybridized carbons (Fsp3) is 0.900. The van der Waals surface area contributed by atoms with Crippen molar-refractivity contribution in [2.24, 2.45) is 11.7 Å². The van der Waals surface area contributed by atoms with Crippen LogP contribution in [0, 0.1) is 5.92 Å². The Morgan fingerprint density at radius 3 is 2.20 bits per heavy atom. The Hall–Kier alpha value is -0.580. The van der Waals surface area contributed by atoms with E-state index in [9.17, 15) is 18.0 Å². The molecule has 0 spiro atoms. The van der Waals surface area contributed by atoms with Crippen molar-refractivity contribution in [3.05, 3.63) is 0 Å². The van der Waals surface area contributed by atoms with Gasteiger partial charge in [0, 0.05) is 18.4 Å². The second-order valence-electron chi connectivity index (χ2n) is 4.19. The Morgan fingerprint density at radius 2 is 1.73 bits per heavy atom. The molecule has 0 saturated heterocycles. The number of nitrogens with two attached hydrogens (primary N) is 1. The number of carbonyl (C=O) groups is 1. The second-order valence-corrected chi connectivity index (χ2v) is 4.19. The lowest BCUT2D eigenvalue weighted by atomic mass is 9.82. The highest BCUT2D eigenvalue weighted by Gasteiger charge is 2.31. The van der Waals surface area contributed by atoms with Crippen molar-refractivity contribution in [1.82, 2.24) is 0 Å². The predicted octanol–water partition coefficient (Wildman–Crippen LogP) is 2.42. The largest absolute Gasteiger partial charge is 0.389 e. The Kier molecular flexibility index (Phi) is 4.13. The number of halogens is 3. The van der Waals surface area contributed by atoms with Crippen LogP contribution in [0.5, 0.6) is 0 Å². The Labute approximate surface area is 87.0 Å². The molecule has 2 nitrogen and oxygen atoms in total. The van der Waals surface area contributed by atoms with Gasteiger partial charge in [0.25, 0.3) is 0 Å². The number of hydrogen-bond donors (Lipinski definition) is 1. The molecule has 1 fully saturated rings. The van der Waals surface area contributed by atoms with Crippen LogP contribution in [-0.4, -0.2) is 18.0 Å². The van der Waals surface area contributed by atoms with Gasteiger partial charge in [-0.2, -0.15) is 13.2 Å². The van der Waals surface area contributed by atoms with E-state index in [2.05, 4.69) is 0 Å². The van der Waals surface area contributed by atoms with E-state index in [1.807, 2.05) is 0 Å². The van der Waals surface area contributed by atoms with Gasteiger partial charge in [0.15, 0.2) is 0 Å². The van der Waals surface area contributed by atoms with E-state index in [0.29, 0.717) is 12.8 Å². The maximum absolute atomic E-state index is 11.9. The minimum Gasteiger partial charge on any atom is -0.328 e. The van der Waals surface area contributed by atoms with E-state index in [0.717, 1.165) is 12.8 Å². The standard InChI is InChI=1S/C10H16F3NO/c11-10(12,13)6-5-9(15)7-1-3-8(14)4-2-7/h7-8H,1-6,14H2. The summed E-state index contributed by atoms with van der Waals surface area (Å²) in [5.74, 6) is -0.439. The third-order valence-corrected chi connectivity index (χ3v) is 2.88. The summed E-state index contributed by atoms with van der Waals surface area (Å²) < 4.78 is 35.6. The quantitative estimate of drug-likeness (QED) is 0.798. The predicted molar refractivity (Wildman–Crippen MR) is 50.2 cm³/mol. The van der Waals surface area contributed by atoms with Gasteiger partial charge in [0.2, 0.25) is 0 Å². The highest BCUT2D eigenvalue weighted by Crippen LogP contribution is 2.28. The van der Waals surface area contributed by atoms with Crippen molar-refractivity contribution in [2.45, 2.75) is 50.7 Å². The van der Waals surface area contributed by atoms with Crippen LogP contribution < -0.4 is 5.73 Å². The Bertz CT molecular complexity index is 219. The maximum atomic E-state index is 11.9. The van der Waals surface area contributed by atoms with Crippen LogP contribution in [0.4, 0.5) is 13.2 Å². The summed E-state index contributed by atoms with van der Waals surface area (Å²) in [7, 11) is 0. The van der Waals surface area contributed by atoms with Gasteiger partial charge in [-0.25, -0.2) is 0 Å². The smallest absolute Gasteiger partial charge is 0.328 e. The first-order valence-electron chi connectivity index (χ1n) is 5.23. The molecule has 0 radical (unpaired) electrons. The first-order valence-corrected chi connectivity index (χ1v) is 5.23. The zero-order valence-corrected chi connectivity index (χ0v) is 8.52. The second kappa shape index (κ2) is 4.96. The van der Waals surface area contributed by atoms with Crippen molar-refractivity contribution < 1.29 is 18.0 Å². The summed E-state index contributed by atoms with van der Waals surface area (Å²) >= 11 is 0. The number of hydrogen-bond acceptors (Lipinski definition) is 2. The molecule has 0 aromatic rings. The van der Waals surface area contributed by atoms with Gasteiger partial charge in [-0.3, -0.25) is 4.79 Å². The van der Waals surface area contributed by atoms with E-state index >= 15 is 0 Å². The minimum absolute atomic E-state index is 0.122. The van der Waals surface area contributed by atoms with Crippen molar-refractivity contribution in [3.63, 3.8) is 0 Å². The molecule has 1 saturated carbocycles. The minimum atomic E-state index is -4.22. The van der Waals surface area contributed by atoms with Crippen LogP contribution in [0.2, 0.25) is 0 Å². The number of alkyl halides is 3. The molecule has 88 valence electrons. The van der Waals surface area contributed by atoms with Gasteiger partial charge in [0.05, 0.1) is 6.42 Å². The zero-order chi connectivity index (χ0) is 11.5. The van der Waals surface area contributed by atoms with E-state index < -0.39 is 12.6 Å². The van der Waals surface area contributed by atoms with Crippen LogP contribution in [0.3, 0.4) is 0 Å². The maximum Gasteiger partial charge on any atom is 0.389 e. The average molecular weight is 223 g/mol. The highest BCUT2D eigenvalue weighted by atomic mass is 19.4. The van der Waals surface area contributed by atoms with Crippen LogP contribution in [0.15, 0.2) is 0 Å². The summed E-state index contributed by atoms with van der Waals surface area (Å²) in [5.41, 5.74) is 5.65. The highest BCUT2D eigenvalue weighted by molar-refractivity contribution is 5.81. The molecule has 0 aliphatic heterocycles. The number of Topliss-reactive ketones (excluding diaryl/α,β-unsaturated/α-hetero) is 1. The molecule has 0 aromatic heterocycles. The Balaban J connectivity index is 2.29. The number of ketones is 1. The molecule has 1 aliphatic carbocycles. The summed E-state index contributed by atoms with van der Waals surface area (Å²) in [6.07, 6.45) is -2.78. The number of rotatable bonds is 3. The monoisotopic (exact) mass is 223 g/mol. The third kappa shape index (κ3) is 4.64. The lowest BCUT2D eigenvalue weighted by Gasteiger charge is -2.25. The first kappa shape index (κ1) is 12.5. The van der Waals surface area contributed by atoms with Crippen LogP contribution >= 0.6 is 0 Å². The molecule has 0 bridgehead atoms. The van der Waals surface area contributed by atoms with Gasteiger partial charge >= 0.3 is 6.18 Å². The van der Waals surface area contributed by atoms with E-state index in [-0.39, 0.29) is 24.2 Å². The lowest BCUT2D eigenvalue weighted by molar-refractivity contribution is -0.145. The average Bonchev–Trinajstić information content (AvgIpc) is 2.14. The lowest BCUT2D eigenvalue weighted by Crippen LogP contribution is -2.30. The van der Waals surface area contributed by atoms with Crippen LogP contribution in [0.25, 0.3) is 0 Å². The van der Waals surface area contributed by atoms with Gasteiger partial charge in [0.1, 0.15) is 5.78 Å². The summed E-state index contributed by atoms with van der Waals surface area (Å²) in [4.78, 5) is 11.4. The molecule has 0 amide bonds. The molecule has 1 rings (SSSR count). The molecule has 0 unspecified atom stereocenters. The summed E-state index contributed by atoms with van der Waals surface area (Å²) in [6.45, 7) is 0. The van der Waals surface area contributed by atoms with E-state index in [1.54, 1.807) is 0 Å². The molecule has 15 heavy (non-hydrogen) atoms.